The molecule has 23 heavy (non-hydrogen) atoms. The van der Waals surface area contributed by atoms with Gasteiger partial charge in [0.05, 0.1) is 18.1 Å². The molecule has 0 unspecified atom stereocenters. The minimum Gasteiger partial charge on any atom is -0.497 e. The van der Waals surface area contributed by atoms with Crippen LogP contribution in [-0.4, -0.2) is 50.4 Å². The standard InChI is InChI=1S/C17H25NO4S/c1-13(2)12-23(20,21)16-10-18(11-16)17(19)9-6-14-4-7-15(22-3)8-5-14/h4-5,7-8,13,16H,6,9-12H2,1-3H3. The summed E-state index contributed by atoms with van der Waals surface area (Å²) in [7, 11) is -1.45. The van der Waals surface area contributed by atoms with Crippen molar-refractivity contribution in [2.75, 3.05) is 26.0 Å². The van der Waals surface area contributed by atoms with Gasteiger partial charge in [-0.25, -0.2) is 8.42 Å². The third kappa shape index (κ3) is 4.70. The predicted molar refractivity (Wildman–Crippen MR) is 90.3 cm³/mol. The number of rotatable bonds is 7. The average Bonchev–Trinajstić information content (AvgIpc) is 2.42. The van der Waals surface area contributed by atoms with Crippen LogP contribution in [-0.2, 0) is 21.1 Å². The summed E-state index contributed by atoms with van der Waals surface area (Å²) in [6.07, 6.45) is 1.06. The fourth-order valence-electron chi connectivity index (χ4n) is 2.67. The van der Waals surface area contributed by atoms with Crippen LogP contribution in [0, 0.1) is 5.92 Å². The maximum Gasteiger partial charge on any atom is 0.222 e. The minimum absolute atomic E-state index is 0.0248. The third-order valence-corrected chi connectivity index (χ3v) is 6.51. The van der Waals surface area contributed by atoms with Crippen LogP contribution in [0.4, 0.5) is 0 Å². The Bertz CT molecular complexity index is 631. The molecule has 0 radical (unpaired) electrons. The molecule has 0 aromatic heterocycles. The first kappa shape index (κ1) is 17.8. The quantitative estimate of drug-likeness (QED) is 0.761. The molecule has 0 atom stereocenters. The highest BCUT2D eigenvalue weighted by molar-refractivity contribution is 7.92. The van der Waals surface area contributed by atoms with Gasteiger partial charge in [0, 0.05) is 19.5 Å². The van der Waals surface area contributed by atoms with E-state index in [9.17, 15) is 13.2 Å². The molecule has 1 aliphatic heterocycles. The van der Waals surface area contributed by atoms with Crippen LogP contribution in [0.5, 0.6) is 5.75 Å². The Hall–Kier alpha value is -1.56. The first-order valence-corrected chi connectivity index (χ1v) is 9.65. The Kier molecular flexibility index (Phi) is 5.68. The summed E-state index contributed by atoms with van der Waals surface area (Å²) in [5.41, 5.74) is 1.07. The smallest absolute Gasteiger partial charge is 0.222 e. The fraction of sp³-hybridized carbons (Fsp3) is 0.588. The lowest BCUT2D eigenvalue weighted by Crippen LogP contribution is -2.57. The Labute approximate surface area is 138 Å². The zero-order valence-corrected chi connectivity index (χ0v) is 14.8. The third-order valence-electron chi connectivity index (χ3n) is 4.06. The topological polar surface area (TPSA) is 63.7 Å². The summed E-state index contributed by atoms with van der Waals surface area (Å²) in [6, 6.07) is 7.63. The Morgan fingerprint density at radius 3 is 2.39 bits per heavy atom. The van der Waals surface area contributed by atoms with E-state index >= 15 is 0 Å². The molecule has 1 aliphatic rings. The minimum atomic E-state index is -3.07. The number of likely N-dealkylation sites (tertiary alicyclic amines) is 1. The van der Waals surface area contributed by atoms with Crippen molar-refractivity contribution in [3.05, 3.63) is 29.8 Å². The monoisotopic (exact) mass is 339 g/mol. The maximum atomic E-state index is 12.1. The summed E-state index contributed by atoms with van der Waals surface area (Å²) in [6.45, 7) is 4.48. The average molecular weight is 339 g/mol. The lowest BCUT2D eigenvalue weighted by molar-refractivity contribution is -0.134. The molecule has 6 heteroatoms. The number of hydrogen-bond acceptors (Lipinski definition) is 4. The van der Waals surface area contributed by atoms with Gasteiger partial charge in [-0.15, -0.1) is 0 Å². The van der Waals surface area contributed by atoms with Gasteiger partial charge in [-0.05, 0) is 30.0 Å². The number of hydrogen-bond donors (Lipinski definition) is 0. The molecule has 1 heterocycles. The number of aryl methyl sites for hydroxylation is 1. The molecule has 1 saturated heterocycles. The predicted octanol–water partition coefficient (Wildman–Crippen LogP) is 1.91. The van der Waals surface area contributed by atoms with Gasteiger partial charge in [-0.2, -0.15) is 0 Å². The van der Waals surface area contributed by atoms with E-state index < -0.39 is 9.84 Å². The Balaban J connectivity index is 1.78. The summed E-state index contributed by atoms with van der Waals surface area (Å²) in [5.74, 6) is 1.14. The zero-order valence-electron chi connectivity index (χ0n) is 14.0. The van der Waals surface area contributed by atoms with Crippen LogP contribution in [0.25, 0.3) is 0 Å². The second kappa shape index (κ2) is 7.34. The first-order chi connectivity index (χ1) is 10.8. The van der Waals surface area contributed by atoms with Gasteiger partial charge >= 0.3 is 0 Å². The van der Waals surface area contributed by atoms with E-state index in [1.165, 1.54) is 0 Å². The van der Waals surface area contributed by atoms with E-state index in [2.05, 4.69) is 0 Å². The van der Waals surface area contributed by atoms with E-state index in [-0.39, 0.29) is 22.8 Å². The van der Waals surface area contributed by atoms with Crippen molar-refractivity contribution in [1.29, 1.82) is 0 Å². The number of benzene rings is 1. The second-order valence-electron chi connectivity index (χ2n) is 6.49. The number of carbonyl (C=O) groups is 1. The normalized spacial score (nSPS) is 15.6. The molecule has 1 fully saturated rings. The molecule has 5 nitrogen and oxygen atoms in total. The van der Waals surface area contributed by atoms with Crippen molar-refractivity contribution < 1.29 is 17.9 Å². The Morgan fingerprint density at radius 2 is 1.87 bits per heavy atom. The molecule has 128 valence electrons. The van der Waals surface area contributed by atoms with Crippen LogP contribution in [0.3, 0.4) is 0 Å². The number of methoxy groups -OCH3 is 1. The molecular weight excluding hydrogens is 314 g/mol. The summed E-state index contributed by atoms with van der Waals surface area (Å²) in [5, 5.41) is -0.380. The SMILES string of the molecule is COc1ccc(CCC(=O)N2CC(S(=O)(=O)CC(C)C)C2)cc1. The number of ether oxygens (including phenoxy) is 1. The molecule has 1 aromatic carbocycles. The van der Waals surface area contributed by atoms with Crippen molar-refractivity contribution >= 4 is 15.7 Å². The van der Waals surface area contributed by atoms with Gasteiger partial charge < -0.3 is 9.64 Å². The van der Waals surface area contributed by atoms with E-state index in [4.69, 9.17) is 4.74 Å². The summed E-state index contributed by atoms with van der Waals surface area (Å²) in [4.78, 5) is 13.8. The van der Waals surface area contributed by atoms with Gasteiger partial charge in [0.2, 0.25) is 5.91 Å². The van der Waals surface area contributed by atoms with Crippen molar-refractivity contribution in [3.63, 3.8) is 0 Å². The number of carbonyl (C=O) groups excluding carboxylic acids is 1. The summed E-state index contributed by atoms with van der Waals surface area (Å²) >= 11 is 0. The van der Waals surface area contributed by atoms with Crippen LogP contribution in [0.1, 0.15) is 25.8 Å². The molecule has 2 rings (SSSR count). The zero-order chi connectivity index (χ0) is 17.0. The van der Waals surface area contributed by atoms with E-state index in [0.717, 1.165) is 11.3 Å². The van der Waals surface area contributed by atoms with Gasteiger partial charge in [0.25, 0.3) is 0 Å². The van der Waals surface area contributed by atoms with Gasteiger partial charge in [0.15, 0.2) is 9.84 Å². The second-order valence-corrected chi connectivity index (χ2v) is 8.82. The molecule has 0 bridgehead atoms. The maximum absolute atomic E-state index is 12.1. The molecular formula is C17H25NO4S. The van der Waals surface area contributed by atoms with Gasteiger partial charge in [-0.3, -0.25) is 4.79 Å². The lowest BCUT2D eigenvalue weighted by atomic mass is 10.1. The van der Waals surface area contributed by atoms with Gasteiger partial charge in [0.1, 0.15) is 5.75 Å². The number of nitrogens with zero attached hydrogens (tertiary/aromatic N) is 1. The molecule has 0 saturated carbocycles. The first-order valence-electron chi connectivity index (χ1n) is 7.94. The van der Waals surface area contributed by atoms with Crippen molar-refractivity contribution in [3.8, 4) is 5.75 Å². The van der Waals surface area contributed by atoms with Crippen molar-refractivity contribution in [1.82, 2.24) is 4.90 Å². The van der Waals surface area contributed by atoms with Gasteiger partial charge in [-0.1, -0.05) is 26.0 Å². The highest BCUT2D eigenvalue weighted by Crippen LogP contribution is 2.20. The van der Waals surface area contributed by atoms with Crippen LogP contribution in [0.2, 0.25) is 0 Å². The molecule has 1 amide bonds. The number of sulfone groups is 1. The van der Waals surface area contributed by atoms with Crippen molar-refractivity contribution in [2.24, 2.45) is 5.92 Å². The summed E-state index contributed by atoms with van der Waals surface area (Å²) < 4.78 is 29.3. The van der Waals surface area contributed by atoms with Crippen LogP contribution in [0.15, 0.2) is 24.3 Å². The van der Waals surface area contributed by atoms with Crippen LogP contribution >= 0.6 is 0 Å². The molecule has 0 spiro atoms. The lowest BCUT2D eigenvalue weighted by Gasteiger charge is -2.39. The van der Waals surface area contributed by atoms with Crippen LogP contribution < -0.4 is 4.74 Å². The highest BCUT2D eigenvalue weighted by atomic mass is 32.2. The van der Waals surface area contributed by atoms with E-state index in [1.54, 1.807) is 12.0 Å². The van der Waals surface area contributed by atoms with E-state index in [1.807, 2.05) is 38.1 Å². The van der Waals surface area contributed by atoms with E-state index in [0.29, 0.717) is 25.9 Å². The molecule has 1 aromatic rings. The Morgan fingerprint density at radius 1 is 1.26 bits per heavy atom. The molecule has 0 N–H and O–H groups in total. The van der Waals surface area contributed by atoms with Crippen molar-refractivity contribution in [2.45, 2.75) is 31.9 Å². The highest BCUT2D eigenvalue weighted by Gasteiger charge is 2.39. The molecule has 0 aliphatic carbocycles. The number of amides is 1. The fourth-order valence-corrected chi connectivity index (χ4v) is 4.69. The largest absolute Gasteiger partial charge is 0.497 e.